The second-order valence-electron chi connectivity index (χ2n) is 5.43. The number of benzene rings is 1. The minimum absolute atomic E-state index is 0.100. The Bertz CT molecular complexity index is 524. The van der Waals surface area contributed by atoms with Crippen LogP contribution in [-0.2, 0) is 9.59 Å². The third-order valence-corrected chi connectivity index (χ3v) is 3.70. The van der Waals surface area contributed by atoms with Crippen molar-refractivity contribution >= 4 is 17.5 Å². The van der Waals surface area contributed by atoms with Crippen LogP contribution in [-0.4, -0.2) is 48.9 Å². The lowest BCUT2D eigenvalue weighted by atomic mass is 10.1. The molecule has 1 saturated heterocycles. The fraction of sp³-hybridized carbons (Fsp3) is 0.467. The van der Waals surface area contributed by atoms with Gasteiger partial charge in [0.15, 0.2) is 0 Å². The molecule has 0 radical (unpaired) electrons. The van der Waals surface area contributed by atoms with Gasteiger partial charge in [-0.25, -0.2) is 0 Å². The molecule has 1 fully saturated rings. The van der Waals surface area contributed by atoms with Crippen molar-refractivity contribution in [1.82, 2.24) is 4.90 Å². The first-order valence-corrected chi connectivity index (χ1v) is 7.11. The third-order valence-electron chi connectivity index (χ3n) is 3.70. The molecule has 0 aromatic heterocycles. The molecule has 2 amide bonds. The highest BCUT2D eigenvalue weighted by Crippen LogP contribution is 2.18. The van der Waals surface area contributed by atoms with Crippen LogP contribution in [0.3, 0.4) is 0 Å². The molecule has 114 valence electrons. The first-order valence-electron chi connectivity index (χ1n) is 7.11. The van der Waals surface area contributed by atoms with E-state index >= 15 is 0 Å². The molecule has 6 nitrogen and oxygen atoms in total. The van der Waals surface area contributed by atoms with Gasteiger partial charge < -0.3 is 21.3 Å². The van der Waals surface area contributed by atoms with Gasteiger partial charge in [-0.3, -0.25) is 9.59 Å². The lowest BCUT2D eigenvalue weighted by Crippen LogP contribution is -2.53. The maximum absolute atomic E-state index is 12.1. The molecule has 4 N–H and O–H groups in total. The summed E-state index contributed by atoms with van der Waals surface area (Å²) < 4.78 is 0. The van der Waals surface area contributed by atoms with E-state index in [1.165, 1.54) is 11.3 Å². The highest BCUT2D eigenvalue weighted by molar-refractivity contribution is 5.87. The van der Waals surface area contributed by atoms with E-state index in [0.29, 0.717) is 13.1 Å². The van der Waals surface area contributed by atoms with E-state index in [4.69, 9.17) is 11.5 Å². The van der Waals surface area contributed by atoms with Crippen LogP contribution in [0.4, 0.5) is 5.69 Å². The fourth-order valence-corrected chi connectivity index (χ4v) is 2.55. The molecule has 0 saturated carbocycles. The van der Waals surface area contributed by atoms with Crippen LogP contribution in [0.1, 0.15) is 12.0 Å². The van der Waals surface area contributed by atoms with E-state index in [1.54, 1.807) is 4.90 Å². The lowest BCUT2D eigenvalue weighted by Gasteiger charge is -2.37. The molecule has 1 aromatic carbocycles. The minimum atomic E-state index is -0.826. The Morgan fingerprint density at radius 2 is 1.90 bits per heavy atom. The Morgan fingerprint density at radius 1 is 1.24 bits per heavy atom. The predicted molar refractivity (Wildman–Crippen MR) is 81.8 cm³/mol. The van der Waals surface area contributed by atoms with E-state index in [1.807, 2.05) is 6.07 Å². The summed E-state index contributed by atoms with van der Waals surface area (Å²) in [6.45, 7) is 4.81. The molecule has 1 atom stereocenters. The first-order chi connectivity index (χ1) is 9.97. The average molecular weight is 290 g/mol. The number of hydrogen-bond donors (Lipinski definition) is 2. The fourth-order valence-electron chi connectivity index (χ4n) is 2.55. The molecule has 1 unspecified atom stereocenters. The van der Waals surface area contributed by atoms with Crippen LogP contribution < -0.4 is 16.4 Å². The number of aryl methyl sites for hydroxylation is 1. The molecule has 1 aromatic rings. The van der Waals surface area contributed by atoms with Gasteiger partial charge in [-0.05, 0) is 24.6 Å². The number of hydrogen-bond acceptors (Lipinski definition) is 4. The Hall–Kier alpha value is -2.08. The van der Waals surface area contributed by atoms with Gasteiger partial charge in [-0.2, -0.15) is 0 Å². The van der Waals surface area contributed by atoms with E-state index in [0.717, 1.165) is 13.1 Å². The number of carbonyl (C=O) groups excluding carboxylic acids is 2. The maximum atomic E-state index is 12.1. The number of nitrogens with zero attached hydrogens (tertiary/aromatic N) is 2. The van der Waals surface area contributed by atoms with Crippen molar-refractivity contribution in [2.24, 2.45) is 11.5 Å². The molecular formula is C15H22N4O2. The number of piperazine rings is 1. The van der Waals surface area contributed by atoms with E-state index < -0.39 is 11.9 Å². The second kappa shape index (κ2) is 6.58. The summed E-state index contributed by atoms with van der Waals surface area (Å²) >= 11 is 0. The number of carbonyl (C=O) groups is 2. The van der Waals surface area contributed by atoms with Gasteiger partial charge in [0.25, 0.3) is 0 Å². The summed E-state index contributed by atoms with van der Waals surface area (Å²) in [5.41, 5.74) is 13.2. The van der Waals surface area contributed by atoms with Crippen LogP contribution in [0.2, 0.25) is 0 Å². The predicted octanol–water partition coefficient (Wildman–Crippen LogP) is -0.154. The summed E-state index contributed by atoms with van der Waals surface area (Å²) in [5, 5.41) is 0. The summed E-state index contributed by atoms with van der Waals surface area (Å²) in [6, 6.07) is 7.48. The van der Waals surface area contributed by atoms with Gasteiger partial charge in [-0.1, -0.05) is 12.1 Å². The normalized spacial score (nSPS) is 16.7. The van der Waals surface area contributed by atoms with Crippen LogP contribution in [0.5, 0.6) is 0 Å². The van der Waals surface area contributed by atoms with E-state index in [9.17, 15) is 9.59 Å². The van der Waals surface area contributed by atoms with Gasteiger partial charge in [-0.15, -0.1) is 0 Å². The van der Waals surface area contributed by atoms with Gasteiger partial charge in [0.05, 0.1) is 12.5 Å². The van der Waals surface area contributed by atoms with Crippen molar-refractivity contribution in [3.8, 4) is 0 Å². The third kappa shape index (κ3) is 3.95. The van der Waals surface area contributed by atoms with Crippen LogP contribution >= 0.6 is 0 Å². The number of rotatable bonds is 4. The van der Waals surface area contributed by atoms with Gasteiger partial charge in [0, 0.05) is 31.9 Å². The topological polar surface area (TPSA) is 92.7 Å². The average Bonchev–Trinajstić information content (AvgIpc) is 2.46. The zero-order valence-corrected chi connectivity index (χ0v) is 12.3. The summed E-state index contributed by atoms with van der Waals surface area (Å²) in [4.78, 5) is 26.9. The van der Waals surface area contributed by atoms with Crippen molar-refractivity contribution in [3.05, 3.63) is 29.8 Å². The molecule has 6 heteroatoms. The SMILES string of the molecule is Cc1cccc(N2CCN(C(=O)C(N)CC(N)=O)CC2)c1. The molecule has 1 heterocycles. The monoisotopic (exact) mass is 290 g/mol. The Kier molecular flexibility index (Phi) is 4.80. The van der Waals surface area contributed by atoms with Crippen LogP contribution in [0.15, 0.2) is 24.3 Å². The number of amides is 2. The van der Waals surface area contributed by atoms with Crippen molar-refractivity contribution in [1.29, 1.82) is 0 Å². The molecule has 1 aliphatic heterocycles. The Labute approximate surface area is 124 Å². The molecule has 0 bridgehead atoms. The molecule has 1 aliphatic rings. The van der Waals surface area contributed by atoms with Gasteiger partial charge in [0.2, 0.25) is 11.8 Å². The van der Waals surface area contributed by atoms with Crippen LogP contribution in [0, 0.1) is 6.92 Å². The minimum Gasteiger partial charge on any atom is -0.370 e. The summed E-state index contributed by atoms with van der Waals surface area (Å²) in [5.74, 6) is -0.744. The van der Waals surface area contributed by atoms with Gasteiger partial charge in [0.1, 0.15) is 0 Å². The van der Waals surface area contributed by atoms with E-state index in [-0.39, 0.29) is 12.3 Å². The Balaban J connectivity index is 1.91. The zero-order valence-electron chi connectivity index (χ0n) is 12.3. The van der Waals surface area contributed by atoms with Crippen molar-refractivity contribution in [3.63, 3.8) is 0 Å². The van der Waals surface area contributed by atoms with Crippen molar-refractivity contribution < 1.29 is 9.59 Å². The first kappa shape index (κ1) is 15.3. The lowest BCUT2D eigenvalue weighted by molar-refractivity contribution is -0.134. The number of nitrogens with two attached hydrogens (primary N) is 2. The number of primary amides is 1. The molecule has 21 heavy (non-hydrogen) atoms. The quantitative estimate of drug-likeness (QED) is 0.806. The zero-order chi connectivity index (χ0) is 15.4. The maximum Gasteiger partial charge on any atom is 0.240 e. The van der Waals surface area contributed by atoms with Crippen molar-refractivity contribution in [2.45, 2.75) is 19.4 Å². The molecule has 2 rings (SSSR count). The summed E-state index contributed by atoms with van der Waals surface area (Å²) in [7, 11) is 0. The van der Waals surface area contributed by atoms with E-state index in [2.05, 4.69) is 30.0 Å². The molecule has 0 aliphatic carbocycles. The number of anilines is 1. The Morgan fingerprint density at radius 3 is 2.48 bits per heavy atom. The molecule has 0 spiro atoms. The standard InChI is InChI=1S/C15H22N4O2/c1-11-3-2-4-12(9-11)18-5-7-19(8-6-18)15(21)13(16)10-14(17)20/h2-4,9,13H,5-8,10,16H2,1H3,(H2,17,20). The second-order valence-corrected chi connectivity index (χ2v) is 5.43. The van der Waals surface area contributed by atoms with Crippen molar-refractivity contribution in [2.75, 3.05) is 31.1 Å². The highest BCUT2D eigenvalue weighted by atomic mass is 16.2. The van der Waals surface area contributed by atoms with Crippen LogP contribution in [0.25, 0.3) is 0 Å². The molecular weight excluding hydrogens is 268 g/mol. The summed E-state index contributed by atoms with van der Waals surface area (Å²) in [6.07, 6.45) is -0.100. The van der Waals surface area contributed by atoms with Gasteiger partial charge >= 0.3 is 0 Å². The highest BCUT2D eigenvalue weighted by Gasteiger charge is 2.26. The largest absolute Gasteiger partial charge is 0.370 e. The smallest absolute Gasteiger partial charge is 0.240 e.